The van der Waals surface area contributed by atoms with Crippen LogP contribution in [-0.2, 0) is 0 Å². The third-order valence-corrected chi connectivity index (χ3v) is 5.21. The zero-order valence-electron chi connectivity index (χ0n) is 18.9. The molecule has 0 unspecified atom stereocenters. The summed E-state index contributed by atoms with van der Waals surface area (Å²) in [4.78, 5) is 25.2. The summed E-state index contributed by atoms with van der Waals surface area (Å²) in [5.41, 5.74) is 5.07. The Hall–Kier alpha value is -4.45. The number of fused-ring (bicyclic) bond motifs is 1. The smallest absolute Gasteiger partial charge is 0.343 e. The number of ether oxygens (including phenoxy) is 2. The number of benzene rings is 4. The van der Waals surface area contributed by atoms with Crippen molar-refractivity contribution in [2.24, 2.45) is 5.10 Å². The first-order chi connectivity index (χ1) is 16.5. The van der Waals surface area contributed by atoms with Gasteiger partial charge in [-0.1, -0.05) is 48.0 Å². The zero-order chi connectivity index (χ0) is 23.9. The molecule has 0 atom stereocenters. The molecule has 0 saturated carbocycles. The highest BCUT2D eigenvalue weighted by atomic mass is 16.5. The van der Waals surface area contributed by atoms with Gasteiger partial charge >= 0.3 is 5.97 Å². The van der Waals surface area contributed by atoms with Crippen molar-refractivity contribution in [2.75, 3.05) is 6.61 Å². The van der Waals surface area contributed by atoms with Crippen molar-refractivity contribution in [1.29, 1.82) is 0 Å². The van der Waals surface area contributed by atoms with Gasteiger partial charge in [0.15, 0.2) is 0 Å². The summed E-state index contributed by atoms with van der Waals surface area (Å²) in [5, 5.41) is 5.93. The third kappa shape index (κ3) is 5.30. The zero-order valence-corrected chi connectivity index (χ0v) is 18.9. The van der Waals surface area contributed by atoms with E-state index in [1.807, 2.05) is 56.3 Å². The molecule has 1 N–H and O–H groups in total. The molecule has 4 rings (SSSR count). The van der Waals surface area contributed by atoms with Gasteiger partial charge in [-0.2, -0.15) is 5.10 Å². The largest absolute Gasteiger partial charge is 0.494 e. The van der Waals surface area contributed by atoms with Crippen molar-refractivity contribution in [3.8, 4) is 11.5 Å². The maximum atomic E-state index is 12.7. The molecule has 0 aromatic heterocycles. The van der Waals surface area contributed by atoms with Crippen LogP contribution < -0.4 is 14.9 Å². The van der Waals surface area contributed by atoms with Gasteiger partial charge in [-0.25, -0.2) is 10.2 Å². The fourth-order valence-corrected chi connectivity index (χ4v) is 3.44. The van der Waals surface area contributed by atoms with Crippen molar-refractivity contribution in [3.63, 3.8) is 0 Å². The van der Waals surface area contributed by atoms with Crippen LogP contribution >= 0.6 is 0 Å². The molecule has 0 aliphatic heterocycles. The highest BCUT2D eigenvalue weighted by molar-refractivity contribution is 6.04. The lowest BCUT2D eigenvalue weighted by atomic mass is 10.0. The second-order valence-electron chi connectivity index (χ2n) is 7.61. The summed E-state index contributed by atoms with van der Waals surface area (Å²) < 4.78 is 11.1. The SMILES string of the molecule is CCOc1ccc(C(=O)N/N=C/c2c(OC(=O)c3ccc(C)cc3)ccc3ccccc23)cc1. The quantitative estimate of drug-likeness (QED) is 0.173. The standard InChI is InChI=1S/C28H24N2O4/c1-3-33-23-15-12-21(13-16-23)27(31)30-29-18-25-24-7-5-4-6-20(24)14-17-26(25)34-28(32)22-10-8-19(2)9-11-22/h4-18H,3H2,1-2H3,(H,30,31)/b29-18+. The monoisotopic (exact) mass is 452 g/mol. The van der Waals surface area contributed by atoms with E-state index in [0.29, 0.717) is 34.8 Å². The van der Waals surface area contributed by atoms with E-state index in [4.69, 9.17) is 9.47 Å². The fourth-order valence-electron chi connectivity index (χ4n) is 3.44. The van der Waals surface area contributed by atoms with Crippen LogP contribution in [0.25, 0.3) is 10.8 Å². The minimum absolute atomic E-state index is 0.350. The second kappa shape index (κ2) is 10.4. The first-order valence-electron chi connectivity index (χ1n) is 10.9. The van der Waals surface area contributed by atoms with Crippen LogP contribution in [-0.4, -0.2) is 24.7 Å². The Labute approximate surface area is 197 Å². The van der Waals surface area contributed by atoms with Gasteiger partial charge in [-0.05, 0) is 67.1 Å². The minimum Gasteiger partial charge on any atom is -0.494 e. The molecule has 6 nitrogen and oxygen atoms in total. The second-order valence-corrected chi connectivity index (χ2v) is 7.61. The van der Waals surface area contributed by atoms with Crippen molar-refractivity contribution in [3.05, 3.63) is 107 Å². The average molecular weight is 453 g/mol. The predicted octanol–water partition coefficient (Wildman–Crippen LogP) is 5.53. The molecule has 170 valence electrons. The van der Waals surface area contributed by atoms with E-state index < -0.39 is 5.97 Å². The summed E-state index contributed by atoms with van der Waals surface area (Å²) in [6, 6.07) is 25.3. The number of carbonyl (C=O) groups is 2. The number of esters is 1. The molecular weight excluding hydrogens is 428 g/mol. The fraction of sp³-hybridized carbons (Fsp3) is 0.107. The summed E-state index contributed by atoms with van der Waals surface area (Å²) >= 11 is 0. The number of nitrogens with one attached hydrogen (secondary N) is 1. The lowest BCUT2D eigenvalue weighted by Gasteiger charge is -2.11. The van der Waals surface area contributed by atoms with Gasteiger partial charge in [0.05, 0.1) is 18.4 Å². The Morgan fingerprint density at radius 3 is 2.32 bits per heavy atom. The van der Waals surface area contributed by atoms with E-state index in [1.165, 1.54) is 6.21 Å². The van der Waals surface area contributed by atoms with Gasteiger partial charge in [-0.15, -0.1) is 0 Å². The van der Waals surface area contributed by atoms with Crippen LogP contribution in [0.4, 0.5) is 0 Å². The van der Waals surface area contributed by atoms with Crippen LogP contribution in [0.3, 0.4) is 0 Å². The Kier molecular flexibility index (Phi) is 6.98. The van der Waals surface area contributed by atoms with E-state index in [1.54, 1.807) is 42.5 Å². The molecule has 0 saturated heterocycles. The topological polar surface area (TPSA) is 77.0 Å². The molecule has 0 aliphatic carbocycles. The molecule has 0 bridgehead atoms. The van der Waals surface area contributed by atoms with E-state index in [2.05, 4.69) is 10.5 Å². The van der Waals surface area contributed by atoms with Gasteiger partial charge in [0.1, 0.15) is 11.5 Å². The molecule has 0 aliphatic rings. The van der Waals surface area contributed by atoms with Gasteiger partial charge in [0.2, 0.25) is 0 Å². The highest BCUT2D eigenvalue weighted by Crippen LogP contribution is 2.27. The highest BCUT2D eigenvalue weighted by Gasteiger charge is 2.14. The summed E-state index contributed by atoms with van der Waals surface area (Å²) in [6.07, 6.45) is 1.49. The van der Waals surface area contributed by atoms with E-state index >= 15 is 0 Å². The molecule has 0 spiro atoms. The Morgan fingerprint density at radius 1 is 0.882 bits per heavy atom. The van der Waals surface area contributed by atoms with E-state index in [0.717, 1.165) is 16.3 Å². The molecule has 34 heavy (non-hydrogen) atoms. The molecule has 0 fully saturated rings. The lowest BCUT2D eigenvalue weighted by Crippen LogP contribution is -2.17. The first kappa shape index (κ1) is 22.7. The summed E-state index contributed by atoms with van der Waals surface area (Å²) in [6.45, 7) is 4.40. The van der Waals surface area contributed by atoms with Gasteiger partial charge < -0.3 is 9.47 Å². The van der Waals surface area contributed by atoms with E-state index in [9.17, 15) is 9.59 Å². The minimum atomic E-state index is -0.469. The maximum Gasteiger partial charge on any atom is 0.343 e. The predicted molar refractivity (Wildman–Crippen MR) is 133 cm³/mol. The Morgan fingerprint density at radius 2 is 1.59 bits per heavy atom. The Balaban J connectivity index is 1.57. The number of aryl methyl sites for hydroxylation is 1. The van der Waals surface area contributed by atoms with Crippen LogP contribution in [0, 0.1) is 6.92 Å². The van der Waals surface area contributed by atoms with E-state index in [-0.39, 0.29) is 5.91 Å². The molecule has 0 radical (unpaired) electrons. The van der Waals surface area contributed by atoms with Crippen molar-refractivity contribution < 1.29 is 19.1 Å². The van der Waals surface area contributed by atoms with Gasteiger partial charge in [-0.3, -0.25) is 4.79 Å². The van der Waals surface area contributed by atoms with Crippen LogP contribution in [0.5, 0.6) is 11.5 Å². The molecule has 6 heteroatoms. The average Bonchev–Trinajstić information content (AvgIpc) is 2.86. The molecular formula is C28H24N2O4. The number of nitrogens with zero attached hydrogens (tertiary/aromatic N) is 1. The number of carbonyl (C=O) groups excluding carboxylic acids is 2. The summed E-state index contributed by atoms with van der Waals surface area (Å²) in [7, 11) is 0. The van der Waals surface area contributed by atoms with Crippen LogP contribution in [0.1, 0.15) is 38.8 Å². The number of hydrazone groups is 1. The molecule has 0 heterocycles. The van der Waals surface area contributed by atoms with Gasteiger partial charge in [0, 0.05) is 11.1 Å². The molecule has 1 amide bonds. The van der Waals surface area contributed by atoms with Crippen molar-refractivity contribution in [2.45, 2.75) is 13.8 Å². The van der Waals surface area contributed by atoms with Crippen molar-refractivity contribution >= 4 is 28.9 Å². The lowest BCUT2D eigenvalue weighted by molar-refractivity contribution is 0.0734. The number of hydrogen-bond acceptors (Lipinski definition) is 5. The maximum absolute atomic E-state index is 12.7. The number of hydrogen-bond donors (Lipinski definition) is 1. The van der Waals surface area contributed by atoms with Crippen LogP contribution in [0.15, 0.2) is 90.0 Å². The first-order valence-corrected chi connectivity index (χ1v) is 10.9. The third-order valence-electron chi connectivity index (χ3n) is 5.21. The normalized spacial score (nSPS) is 10.9. The Bertz CT molecular complexity index is 1340. The van der Waals surface area contributed by atoms with Gasteiger partial charge in [0.25, 0.3) is 5.91 Å². The number of rotatable bonds is 7. The molecule has 4 aromatic rings. The van der Waals surface area contributed by atoms with Crippen molar-refractivity contribution in [1.82, 2.24) is 5.43 Å². The molecule has 4 aromatic carbocycles. The van der Waals surface area contributed by atoms with Crippen LogP contribution in [0.2, 0.25) is 0 Å². The number of amides is 1. The summed E-state index contributed by atoms with van der Waals surface area (Å²) in [5.74, 6) is 0.211.